The number of nitrogens with zero attached hydrogens (tertiary/aromatic N) is 2. The Kier molecular flexibility index (Phi) is 8.00. The molecule has 2 heterocycles. The molecule has 1 amide bonds. The highest BCUT2D eigenvalue weighted by Gasteiger charge is 2.33. The summed E-state index contributed by atoms with van der Waals surface area (Å²) in [7, 11) is -3.85. The highest BCUT2D eigenvalue weighted by Crippen LogP contribution is 2.32. The van der Waals surface area contributed by atoms with E-state index in [2.05, 4.69) is 22.4 Å². The van der Waals surface area contributed by atoms with E-state index in [1.165, 1.54) is 22.0 Å². The van der Waals surface area contributed by atoms with Gasteiger partial charge < -0.3 is 10.4 Å². The van der Waals surface area contributed by atoms with E-state index in [1.54, 1.807) is 6.07 Å². The van der Waals surface area contributed by atoms with Gasteiger partial charge in [0.15, 0.2) is 0 Å². The molecule has 1 atom stereocenters. The predicted molar refractivity (Wildman–Crippen MR) is 149 cm³/mol. The summed E-state index contributed by atoms with van der Waals surface area (Å²) >= 11 is 0. The van der Waals surface area contributed by atoms with Gasteiger partial charge in [-0.25, -0.2) is 13.2 Å². The first-order chi connectivity index (χ1) is 18.7. The number of fused-ring (bicyclic) bond motifs is 2. The van der Waals surface area contributed by atoms with E-state index in [-0.39, 0.29) is 41.4 Å². The summed E-state index contributed by atoms with van der Waals surface area (Å²) in [6.07, 6.45) is 5.84. The summed E-state index contributed by atoms with van der Waals surface area (Å²) in [5.74, 6) is -1.32. The molecule has 3 aromatic rings. The minimum absolute atomic E-state index is 0.0275. The first-order valence-corrected chi connectivity index (χ1v) is 15.2. The fourth-order valence-corrected chi connectivity index (χ4v) is 7.27. The largest absolute Gasteiger partial charge is 0.478 e. The fourth-order valence-electron chi connectivity index (χ4n) is 5.78. The lowest BCUT2D eigenvalue weighted by atomic mass is 9.90. The van der Waals surface area contributed by atoms with Gasteiger partial charge in [-0.05, 0) is 87.6 Å². The lowest BCUT2D eigenvalue weighted by Gasteiger charge is -2.31. The molecule has 0 bridgehead atoms. The number of carbonyl (C=O) groups is 2. The average molecular weight is 550 g/mol. The first kappa shape index (κ1) is 27.3. The van der Waals surface area contributed by atoms with Crippen LogP contribution < -0.4 is 5.32 Å². The Hall–Kier alpha value is -3.30. The smallest absolute Gasteiger partial charge is 0.336 e. The van der Waals surface area contributed by atoms with Crippen molar-refractivity contribution in [2.24, 2.45) is 5.92 Å². The Bertz CT molecular complexity index is 1480. The molecule has 39 heavy (non-hydrogen) atoms. The number of aryl methyl sites for hydroxylation is 2. The molecule has 1 fully saturated rings. The van der Waals surface area contributed by atoms with E-state index >= 15 is 0 Å². The molecule has 9 heteroatoms. The molecule has 1 unspecified atom stereocenters. The van der Waals surface area contributed by atoms with Crippen molar-refractivity contribution >= 4 is 32.8 Å². The lowest BCUT2D eigenvalue weighted by Crippen LogP contribution is -2.44. The molecule has 2 aromatic carbocycles. The van der Waals surface area contributed by atoms with E-state index in [9.17, 15) is 23.1 Å². The van der Waals surface area contributed by atoms with Gasteiger partial charge >= 0.3 is 5.97 Å². The molecular weight excluding hydrogens is 514 g/mol. The second kappa shape index (κ2) is 11.4. The van der Waals surface area contributed by atoms with Gasteiger partial charge in [-0.2, -0.15) is 4.31 Å². The number of pyridine rings is 1. The van der Waals surface area contributed by atoms with Gasteiger partial charge in [0.05, 0.1) is 16.0 Å². The van der Waals surface area contributed by atoms with Gasteiger partial charge in [-0.3, -0.25) is 9.78 Å². The summed E-state index contributed by atoms with van der Waals surface area (Å²) in [5.41, 5.74) is 3.43. The Morgan fingerprint density at radius 1 is 1.08 bits per heavy atom. The van der Waals surface area contributed by atoms with Crippen LogP contribution in [0.5, 0.6) is 0 Å². The fraction of sp³-hybridized carbons (Fsp3) is 0.433. The van der Waals surface area contributed by atoms with Crippen molar-refractivity contribution in [3.63, 3.8) is 0 Å². The molecule has 8 nitrogen and oxygen atoms in total. The maximum atomic E-state index is 13.5. The number of rotatable bonds is 8. The minimum atomic E-state index is -3.85. The third-order valence-electron chi connectivity index (χ3n) is 8.01. The van der Waals surface area contributed by atoms with E-state index in [4.69, 9.17) is 0 Å². The summed E-state index contributed by atoms with van der Waals surface area (Å²) in [5, 5.41) is 13.5. The summed E-state index contributed by atoms with van der Waals surface area (Å²) in [6, 6.07) is 14.8. The Labute approximate surface area is 229 Å². The van der Waals surface area contributed by atoms with E-state index in [1.807, 2.05) is 25.1 Å². The number of hydrogen-bond acceptors (Lipinski definition) is 5. The highest BCUT2D eigenvalue weighted by molar-refractivity contribution is 7.89. The van der Waals surface area contributed by atoms with Crippen LogP contribution in [0.4, 0.5) is 0 Å². The molecule has 1 aliphatic carbocycles. The standard InChI is InChI=1S/C30H35N3O5S/c1-20(11-12-21-7-3-2-4-8-21)31-29(34)22-15-17-33(18-16-22)39(37,38)23-13-14-27-25(19-23)28(30(35)36)24-9-5-6-10-26(24)32-27/h2-4,7-8,13-14,19-20,22H,5-6,9-12,15-18H2,1H3,(H,31,34)(H,35,36). The second-order valence-corrected chi connectivity index (χ2v) is 12.7. The summed E-state index contributed by atoms with van der Waals surface area (Å²) in [4.78, 5) is 29.8. The number of piperidine rings is 1. The van der Waals surface area contributed by atoms with Crippen LogP contribution >= 0.6 is 0 Å². The maximum absolute atomic E-state index is 13.5. The van der Waals surface area contributed by atoms with Crippen LogP contribution in [0.3, 0.4) is 0 Å². The SMILES string of the molecule is CC(CCc1ccccc1)NC(=O)C1CCN(S(=O)(=O)c2ccc3nc4c(c(C(=O)O)c3c2)CCCC4)CC1. The van der Waals surface area contributed by atoms with Crippen LogP contribution in [-0.4, -0.2) is 53.8 Å². The number of sulfonamides is 1. The number of amides is 1. The van der Waals surface area contributed by atoms with Crippen molar-refractivity contribution in [2.45, 2.75) is 69.2 Å². The quantitative estimate of drug-likeness (QED) is 0.432. The zero-order valence-electron chi connectivity index (χ0n) is 22.2. The third-order valence-corrected chi connectivity index (χ3v) is 9.90. The normalized spacial score (nSPS) is 17.5. The van der Waals surface area contributed by atoms with Crippen molar-refractivity contribution in [3.8, 4) is 0 Å². The molecule has 2 N–H and O–H groups in total. The molecule has 0 spiro atoms. The predicted octanol–water partition coefficient (Wildman–Crippen LogP) is 4.35. The van der Waals surface area contributed by atoms with E-state index in [0.717, 1.165) is 43.4 Å². The number of hydrogen-bond donors (Lipinski definition) is 2. The monoisotopic (exact) mass is 549 g/mol. The van der Waals surface area contributed by atoms with Crippen molar-refractivity contribution < 1.29 is 23.1 Å². The van der Waals surface area contributed by atoms with Crippen molar-refractivity contribution in [1.82, 2.24) is 14.6 Å². The molecule has 2 aliphatic rings. The van der Waals surface area contributed by atoms with Gasteiger partial charge in [0.25, 0.3) is 0 Å². The van der Waals surface area contributed by atoms with Gasteiger partial charge in [0.1, 0.15) is 0 Å². The van der Waals surface area contributed by atoms with Crippen LogP contribution in [-0.2, 0) is 34.1 Å². The number of aromatic carboxylic acids is 1. The Balaban J connectivity index is 1.25. The number of aromatic nitrogens is 1. The van der Waals surface area contributed by atoms with Gasteiger partial charge in [0.2, 0.25) is 15.9 Å². The van der Waals surface area contributed by atoms with Crippen molar-refractivity contribution in [3.05, 3.63) is 70.9 Å². The van der Waals surface area contributed by atoms with Crippen LogP contribution in [0.1, 0.15) is 66.2 Å². The number of carbonyl (C=O) groups excluding carboxylic acids is 1. The third kappa shape index (κ3) is 5.84. The molecule has 206 valence electrons. The topological polar surface area (TPSA) is 117 Å². The molecule has 0 saturated carbocycles. The number of carboxylic acids is 1. The van der Waals surface area contributed by atoms with Gasteiger partial charge in [0, 0.05) is 36.1 Å². The summed E-state index contributed by atoms with van der Waals surface area (Å²) < 4.78 is 28.5. The minimum Gasteiger partial charge on any atom is -0.478 e. The second-order valence-electron chi connectivity index (χ2n) is 10.7. The Morgan fingerprint density at radius 2 is 1.79 bits per heavy atom. The lowest BCUT2D eigenvalue weighted by molar-refractivity contribution is -0.126. The molecule has 1 aliphatic heterocycles. The van der Waals surface area contributed by atoms with Crippen LogP contribution in [0, 0.1) is 5.92 Å². The molecule has 0 radical (unpaired) electrons. The molecule has 5 rings (SSSR count). The first-order valence-electron chi connectivity index (χ1n) is 13.8. The zero-order valence-corrected chi connectivity index (χ0v) is 23.0. The van der Waals surface area contributed by atoms with Gasteiger partial charge in [-0.15, -0.1) is 0 Å². The Morgan fingerprint density at radius 3 is 2.51 bits per heavy atom. The van der Waals surface area contributed by atoms with Gasteiger partial charge in [-0.1, -0.05) is 30.3 Å². The number of carboxylic acid groups (broad SMARTS) is 1. The van der Waals surface area contributed by atoms with Crippen LogP contribution in [0.25, 0.3) is 10.9 Å². The highest BCUT2D eigenvalue weighted by atomic mass is 32.2. The number of nitrogens with one attached hydrogen (secondary N) is 1. The molecule has 1 saturated heterocycles. The van der Waals surface area contributed by atoms with E-state index in [0.29, 0.717) is 30.2 Å². The van der Waals surface area contributed by atoms with Crippen molar-refractivity contribution in [2.75, 3.05) is 13.1 Å². The molecular formula is C30H35N3O5S. The average Bonchev–Trinajstić information content (AvgIpc) is 2.94. The molecule has 1 aromatic heterocycles. The van der Waals surface area contributed by atoms with Crippen LogP contribution in [0.2, 0.25) is 0 Å². The van der Waals surface area contributed by atoms with Crippen LogP contribution in [0.15, 0.2) is 53.4 Å². The summed E-state index contributed by atoms with van der Waals surface area (Å²) in [6.45, 7) is 2.48. The van der Waals surface area contributed by atoms with Crippen molar-refractivity contribution in [1.29, 1.82) is 0 Å². The maximum Gasteiger partial charge on any atom is 0.336 e. The van der Waals surface area contributed by atoms with E-state index < -0.39 is 16.0 Å². The zero-order chi connectivity index (χ0) is 27.6. The number of benzene rings is 2.